The van der Waals surface area contributed by atoms with Crippen molar-refractivity contribution in [1.29, 1.82) is 0 Å². The number of amides is 1. The van der Waals surface area contributed by atoms with Crippen LogP contribution in [0.4, 0.5) is 0 Å². The van der Waals surface area contributed by atoms with Gasteiger partial charge >= 0.3 is 0 Å². The van der Waals surface area contributed by atoms with Gasteiger partial charge in [-0.3, -0.25) is 10.2 Å². The number of para-hydroxylation sites is 2. The summed E-state index contributed by atoms with van der Waals surface area (Å²) in [6.45, 7) is 0. The Bertz CT molecular complexity index is 998. The average Bonchev–Trinajstić information content (AvgIpc) is 2.98. The number of aromatic nitrogens is 2. The molecule has 1 N–H and O–H groups in total. The third kappa shape index (κ3) is 2.55. The molecule has 0 aliphatic heterocycles. The SMILES string of the molecule is O=C(Cc1cccc2ccccc12)Nn1cnc2ccccc21. The van der Waals surface area contributed by atoms with E-state index in [1.807, 2.05) is 54.6 Å². The topological polar surface area (TPSA) is 46.9 Å². The van der Waals surface area contributed by atoms with Crippen LogP contribution in [-0.2, 0) is 11.2 Å². The molecule has 112 valence electrons. The minimum absolute atomic E-state index is 0.0653. The van der Waals surface area contributed by atoms with Crippen molar-refractivity contribution in [2.45, 2.75) is 6.42 Å². The highest BCUT2D eigenvalue weighted by molar-refractivity contribution is 5.93. The number of hydrogen-bond donors (Lipinski definition) is 1. The van der Waals surface area contributed by atoms with Gasteiger partial charge in [0.25, 0.3) is 0 Å². The fourth-order valence-electron chi connectivity index (χ4n) is 2.84. The second-order valence-electron chi connectivity index (χ2n) is 5.45. The van der Waals surface area contributed by atoms with Gasteiger partial charge in [-0.1, -0.05) is 54.6 Å². The van der Waals surface area contributed by atoms with Gasteiger partial charge in [0.2, 0.25) is 5.91 Å². The van der Waals surface area contributed by atoms with Crippen molar-refractivity contribution in [1.82, 2.24) is 9.66 Å². The van der Waals surface area contributed by atoms with Gasteiger partial charge in [0.05, 0.1) is 17.5 Å². The van der Waals surface area contributed by atoms with Gasteiger partial charge in [0.15, 0.2) is 0 Å². The van der Waals surface area contributed by atoms with Gasteiger partial charge in [-0.15, -0.1) is 0 Å². The van der Waals surface area contributed by atoms with E-state index in [9.17, 15) is 4.79 Å². The Morgan fingerprint density at radius 2 is 1.74 bits per heavy atom. The van der Waals surface area contributed by atoms with E-state index in [1.165, 1.54) is 0 Å². The molecule has 0 aliphatic rings. The van der Waals surface area contributed by atoms with Gasteiger partial charge in [-0.05, 0) is 28.5 Å². The van der Waals surface area contributed by atoms with E-state index in [-0.39, 0.29) is 5.91 Å². The number of carbonyl (C=O) groups is 1. The molecule has 0 atom stereocenters. The number of carbonyl (C=O) groups excluding carboxylic acids is 1. The molecule has 4 rings (SSSR count). The largest absolute Gasteiger partial charge is 0.273 e. The fraction of sp³-hybridized carbons (Fsp3) is 0.0526. The zero-order valence-corrected chi connectivity index (χ0v) is 12.4. The van der Waals surface area contributed by atoms with Crippen molar-refractivity contribution in [2.24, 2.45) is 0 Å². The standard InChI is InChI=1S/C19H15N3O/c23-19(21-22-13-20-17-10-3-4-11-18(17)22)12-15-8-5-7-14-6-1-2-9-16(14)15/h1-11,13H,12H2,(H,21,23). The molecule has 1 heterocycles. The molecule has 4 heteroatoms. The first-order chi connectivity index (χ1) is 11.3. The number of hydrogen-bond acceptors (Lipinski definition) is 2. The molecule has 23 heavy (non-hydrogen) atoms. The van der Waals surface area contributed by atoms with Gasteiger partial charge in [0, 0.05) is 0 Å². The summed E-state index contributed by atoms with van der Waals surface area (Å²) in [4.78, 5) is 16.7. The summed E-state index contributed by atoms with van der Waals surface area (Å²) < 4.78 is 1.67. The summed E-state index contributed by atoms with van der Waals surface area (Å²) in [6.07, 6.45) is 1.96. The smallest absolute Gasteiger partial charge is 0.243 e. The van der Waals surface area contributed by atoms with Gasteiger partial charge < -0.3 is 0 Å². The van der Waals surface area contributed by atoms with E-state index in [1.54, 1.807) is 11.0 Å². The lowest BCUT2D eigenvalue weighted by Crippen LogP contribution is -2.23. The molecule has 0 saturated heterocycles. The summed E-state index contributed by atoms with van der Waals surface area (Å²) in [5.74, 6) is -0.0653. The third-order valence-electron chi connectivity index (χ3n) is 3.93. The van der Waals surface area contributed by atoms with Crippen LogP contribution < -0.4 is 5.43 Å². The molecule has 1 amide bonds. The Morgan fingerprint density at radius 3 is 2.70 bits per heavy atom. The van der Waals surface area contributed by atoms with Crippen LogP contribution in [-0.4, -0.2) is 15.6 Å². The fourth-order valence-corrected chi connectivity index (χ4v) is 2.84. The van der Waals surface area contributed by atoms with Crippen molar-refractivity contribution < 1.29 is 4.79 Å². The van der Waals surface area contributed by atoms with Crippen LogP contribution in [0.1, 0.15) is 5.56 Å². The maximum absolute atomic E-state index is 12.4. The lowest BCUT2D eigenvalue weighted by Gasteiger charge is -2.09. The van der Waals surface area contributed by atoms with Crippen LogP contribution in [0, 0.1) is 0 Å². The Hall–Kier alpha value is -3.14. The molecule has 3 aromatic carbocycles. The van der Waals surface area contributed by atoms with Crippen molar-refractivity contribution in [3.63, 3.8) is 0 Å². The molecular formula is C19H15N3O. The summed E-state index contributed by atoms with van der Waals surface area (Å²) in [6, 6.07) is 21.8. The first kappa shape index (κ1) is 13.5. The molecule has 0 unspecified atom stereocenters. The number of imidazole rings is 1. The molecule has 0 saturated carbocycles. The van der Waals surface area contributed by atoms with Crippen LogP contribution in [0.3, 0.4) is 0 Å². The maximum atomic E-state index is 12.4. The van der Waals surface area contributed by atoms with Crippen molar-refractivity contribution >= 4 is 27.7 Å². The second kappa shape index (κ2) is 5.57. The third-order valence-corrected chi connectivity index (χ3v) is 3.93. The van der Waals surface area contributed by atoms with Crippen molar-refractivity contribution in [3.8, 4) is 0 Å². The van der Waals surface area contributed by atoms with Crippen LogP contribution in [0.5, 0.6) is 0 Å². The number of nitrogens with zero attached hydrogens (tertiary/aromatic N) is 2. The molecule has 4 nitrogen and oxygen atoms in total. The molecule has 0 bridgehead atoms. The van der Waals surface area contributed by atoms with Crippen LogP contribution in [0.15, 0.2) is 73.1 Å². The van der Waals surface area contributed by atoms with Crippen molar-refractivity contribution in [2.75, 3.05) is 5.43 Å². The van der Waals surface area contributed by atoms with E-state index in [0.717, 1.165) is 27.4 Å². The Kier molecular flexibility index (Phi) is 3.27. The van der Waals surface area contributed by atoms with E-state index in [2.05, 4.69) is 22.5 Å². The Labute approximate surface area is 133 Å². The van der Waals surface area contributed by atoms with Gasteiger partial charge in [-0.25, -0.2) is 9.66 Å². The summed E-state index contributed by atoms with van der Waals surface area (Å²) in [5.41, 5.74) is 5.66. The number of benzene rings is 3. The maximum Gasteiger partial charge on any atom is 0.243 e. The number of rotatable bonds is 3. The molecule has 0 aliphatic carbocycles. The highest BCUT2D eigenvalue weighted by Gasteiger charge is 2.09. The van der Waals surface area contributed by atoms with Crippen LogP contribution in [0.25, 0.3) is 21.8 Å². The first-order valence-electron chi connectivity index (χ1n) is 7.50. The lowest BCUT2D eigenvalue weighted by molar-refractivity contribution is -0.116. The van der Waals surface area contributed by atoms with Crippen LogP contribution in [0.2, 0.25) is 0 Å². The Balaban J connectivity index is 1.60. The molecule has 0 radical (unpaired) electrons. The van der Waals surface area contributed by atoms with E-state index in [0.29, 0.717) is 6.42 Å². The molecule has 1 aromatic heterocycles. The highest BCUT2D eigenvalue weighted by Crippen LogP contribution is 2.19. The predicted octanol–water partition coefficient (Wildman–Crippen LogP) is 3.50. The van der Waals surface area contributed by atoms with Crippen LogP contribution >= 0.6 is 0 Å². The molecular weight excluding hydrogens is 286 g/mol. The van der Waals surface area contributed by atoms with E-state index < -0.39 is 0 Å². The summed E-state index contributed by atoms with van der Waals surface area (Å²) >= 11 is 0. The van der Waals surface area contributed by atoms with E-state index in [4.69, 9.17) is 0 Å². The van der Waals surface area contributed by atoms with E-state index >= 15 is 0 Å². The number of nitrogens with one attached hydrogen (secondary N) is 1. The second-order valence-corrected chi connectivity index (χ2v) is 5.45. The minimum atomic E-state index is -0.0653. The first-order valence-corrected chi connectivity index (χ1v) is 7.50. The Morgan fingerprint density at radius 1 is 0.957 bits per heavy atom. The van der Waals surface area contributed by atoms with Crippen molar-refractivity contribution in [3.05, 3.63) is 78.6 Å². The minimum Gasteiger partial charge on any atom is -0.273 e. The normalized spacial score (nSPS) is 11.0. The average molecular weight is 301 g/mol. The van der Waals surface area contributed by atoms with Gasteiger partial charge in [0.1, 0.15) is 6.33 Å². The molecule has 0 fully saturated rings. The summed E-state index contributed by atoms with van der Waals surface area (Å²) in [5, 5.41) is 2.26. The molecule has 0 spiro atoms. The lowest BCUT2D eigenvalue weighted by atomic mass is 10.0. The number of fused-ring (bicyclic) bond motifs is 2. The monoisotopic (exact) mass is 301 g/mol. The quantitative estimate of drug-likeness (QED) is 0.629. The molecule has 4 aromatic rings. The summed E-state index contributed by atoms with van der Waals surface area (Å²) in [7, 11) is 0. The van der Waals surface area contributed by atoms with Gasteiger partial charge in [-0.2, -0.15) is 0 Å². The zero-order chi connectivity index (χ0) is 15.6. The highest BCUT2D eigenvalue weighted by atomic mass is 16.2. The zero-order valence-electron chi connectivity index (χ0n) is 12.4. The predicted molar refractivity (Wildman–Crippen MR) is 91.8 cm³/mol.